The summed E-state index contributed by atoms with van der Waals surface area (Å²) in [6, 6.07) is 11.2. The van der Waals surface area contributed by atoms with E-state index < -0.39 is 21.6 Å². The van der Waals surface area contributed by atoms with Gasteiger partial charge in [-0.1, -0.05) is 46.3 Å². The zero-order valence-electron chi connectivity index (χ0n) is 14.9. The van der Waals surface area contributed by atoms with Crippen molar-refractivity contribution in [2.45, 2.75) is 24.3 Å². The highest BCUT2D eigenvalue weighted by Crippen LogP contribution is 2.39. The number of rotatable bonds is 7. The van der Waals surface area contributed by atoms with E-state index in [1.54, 1.807) is 18.2 Å². The van der Waals surface area contributed by atoms with Crippen molar-refractivity contribution >= 4 is 25.8 Å². The van der Waals surface area contributed by atoms with Crippen LogP contribution in [0.15, 0.2) is 42.5 Å². The fraction of sp³-hybridized carbons (Fsp3) is 0.368. The molecule has 0 aliphatic carbocycles. The van der Waals surface area contributed by atoms with E-state index in [-0.39, 0.29) is 29.4 Å². The van der Waals surface area contributed by atoms with Crippen molar-refractivity contribution in [3.63, 3.8) is 0 Å². The molecule has 3 nitrogen and oxygen atoms in total. The average molecular weight is 465 g/mol. The SMILES string of the molecule is CC(Br)c1cccc(-c2ccc(OCCCS(C)(=O)=O)c(C(F)(F)F)c2)c1. The molecule has 0 aliphatic heterocycles. The Hall–Kier alpha value is -1.54. The van der Waals surface area contributed by atoms with Crippen LogP contribution in [0, 0.1) is 0 Å². The highest BCUT2D eigenvalue weighted by Gasteiger charge is 2.34. The van der Waals surface area contributed by atoms with Gasteiger partial charge in [-0.05, 0) is 42.2 Å². The number of halogens is 4. The molecule has 148 valence electrons. The van der Waals surface area contributed by atoms with Gasteiger partial charge in [0, 0.05) is 11.1 Å². The Morgan fingerprint density at radius 1 is 1.11 bits per heavy atom. The Labute approximate surface area is 165 Å². The summed E-state index contributed by atoms with van der Waals surface area (Å²) in [4.78, 5) is 0.0805. The fourth-order valence-corrected chi connectivity index (χ4v) is 3.45. The smallest absolute Gasteiger partial charge is 0.419 e. The summed E-state index contributed by atoms with van der Waals surface area (Å²) in [5.41, 5.74) is 1.19. The molecule has 0 radical (unpaired) electrons. The van der Waals surface area contributed by atoms with Crippen LogP contribution >= 0.6 is 15.9 Å². The highest BCUT2D eigenvalue weighted by molar-refractivity contribution is 9.09. The molecule has 0 heterocycles. The molecule has 0 amide bonds. The first-order valence-corrected chi connectivity index (χ1v) is 11.2. The van der Waals surface area contributed by atoms with E-state index in [9.17, 15) is 21.6 Å². The Kier molecular flexibility index (Phi) is 6.97. The molecule has 8 heteroatoms. The first kappa shape index (κ1) is 21.8. The molecule has 1 unspecified atom stereocenters. The molecule has 2 rings (SSSR count). The van der Waals surface area contributed by atoms with Crippen molar-refractivity contribution in [3.05, 3.63) is 53.6 Å². The molecule has 0 aromatic heterocycles. The van der Waals surface area contributed by atoms with Crippen LogP contribution in [-0.4, -0.2) is 27.0 Å². The van der Waals surface area contributed by atoms with Crippen LogP contribution in [0.2, 0.25) is 0 Å². The lowest BCUT2D eigenvalue weighted by molar-refractivity contribution is -0.138. The largest absolute Gasteiger partial charge is 0.493 e. The van der Waals surface area contributed by atoms with E-state index >= 15 is 0 Å². The van der Waals surface area contributed by atoms with Crippen LogP contribution < -0.4 is 4.74 Å². The van der Waals surface area contributed by atoms with E-state index in [1.807, 2.05) is 19.1 Å². The van der Waals surface area contributed by atoms with Crippen molar-refractivity contribution in [2.24, 2.45) is 0 Å². The van der Waals surface area contributed by atoms with Gasteiger partial charge in [-0.25, -0.2) is 8.42 Å². The number of hydrogen-bond acceptors (Lipinski definition) is 3. The summed E-state index contributed by atoms with van der Waals surface area (Å²) in [5, 5.41) is 0. The molecule has 0 aliphatic rings. The van der Waals surface area contributed by atoms with E-state index in [2.05, 4.69) is 15.9 Å². The highest BCUT2D eigenvalue weighted by atomic mass is 79.9. The minimum atomic E-state index is -4.58. The quantitative estimate of drug-likeness (QED) is 0.393. The predicted octanol–water partition coefficient (Wildman–Crippen LogP) is 5.64. The Morgan fingerprint density at radius 3 is 2.37 bits per heavy atom. The van der Waals surface area contributed by atoms with Gasteiger partial charge in [-0.2, -0.15) is 13.2 Å². The van der Waals surface area contributed by atoms with Crippen LogP contribution in [0.5, 0.6) is 5.75 Å². The predicted molar refractivity (Wildman–Crippen MR) is 104 cm³/mol. The van der Waals surface area contributed by atoms with E-state index in [0.29, 0.717) is 11.1 Å². The third-order valence-electron chi connectivity index (χ3n) is 3.88. The number of alkyl halides is 4. The molecule has 0 bridgehead atoms. The molecule has 0 saturated heterocycles. The maximum Gasteiger partial charge on any atom is 0.419 e. The van der Waals surface area contributed by atoms with Crippen LogP contribution in [0.25, 0.3) is 11.1 Å². The van der Waals surface area contributed by atoms with Gasteiger partial charge in [-0.3, -0.25) is 0 Å². The topological polar surface area (TPSA) is 43.4 Å². The lowest BCUT2D eigenvalue weighted by Gasteiger charge is -2.16. The lowest BCUT2D eigenvalue weighted by Crippen LogP contribution is -2.12. The van der Waals surface area contributed by atoms with Gasteiger partial charge < -0.3 is 4.74 Å². The zero-order chi connectivity index (χ0) is 20.2. The molecule has 27 heavy (non-hydrogen) atoms. The van der Waals surface area contributed by atoms with Crippen molar-refractivity contribution in [2.75, 3.05) is 18.6 Å². The van der Waals surface area contributed by atoms with Crippen molar-refractivity contribution in [3.8, 4) is 16.9 Å². The second kappa shape index (κ2) is 8.65. The van der Waals surface area contributed by atoms with Crippen LogP contribution in [0.4, 0.5) is 13.2 Å². The number of hydrogen-bond donors (Lipinski definition) is 0. The van der Waals surface area contributed by atoms with Gasteiger partial charge in [0.2, 0.25) is 0 Å². The van der Waals surface area contributed by atoms with E-state index in [1.165, 1.54) is 6.07 Å². The van der Waals surface area contributed by atoms with Gasteiger partial charge in [0.1, 0.15) is 15.6 Å². The maximum absolute atomic E-state index is 13.5. The van der Waals surface area contributed by atoms with Gasteiger partial charge >= 0.3 is 6.18 Å². The third kappa shape index (κ3) is 6.53. The van der Waals surface area contributed by atoms with Gasteiger partial charge in [0.05, 0.1) is 17.9 Å². The minimum Gasteiger partial charge on any atom is -0.493 e. The fourth-order valence-electron chi connectivity index (χ4n) is 2.53. The maximum atomic E-state index is 13.5. The summed E-state index contributed by atoms with van der Waals surface area (Å²) in [7, 11) is -3.18. The first-order valence-electron chi connectivity index (χ1n) is 8.23. The Morgan fingerprint density at radius 2 is 1.78 bits per heavy atom. The Bertz CT molecular complexity index is 893. The van der Waals surface area contributed by atoms with Crippen molar-refractivity contribution in [1.29, 1.82) is 0 Å². The molecule has 0 N–H and O–H groups in total. The minimum absolute atomic E-state index is 0.0805. The second-order valence-electron chi connectivity index (χ2n) is 6.28. The summed E-state index contributed by atoms with van der Waals surface area (Å²) >= 11 is 3.45. The van der Waals surface area contributed by atoms with Crippen molar-refractivity contribution < 1.29 is 26.3 Å². The summed E-state index contributed by atoms with van der Waals surface area (Å²) in [6.07, 6.45) is -3.38. The molecule has 2 aromatic carbocycles. The molecular formula is C19H20BrF3O3S. The standard InChI is InChI=1S/C19H20BrF3O3S/c1-13(20)14-5-3-6-15(11-14)16-7-8-18(17(12-16)19(21,22)23)26-9-4-10-27(2,24)25/h3,5-8,11-13H,4,9-10H2,1-2H3. The van der Waals surface area contributed by atoms with Gasteiger partial charge in [0.15, 0.2) is 0 Å². The second-order valence-corrected chi connectivity index (χ2v) is 9.92. The number of ether oxygens (including phenoxy) is 1. The molecule has 0 saturated carbocycles. The zero-order valence-corrected chi connectivity index (χ0v) is 17.3. The molecule has 0 spiro atoms. The molecular weight excluding hydrogens is 445 g/mol. The summed E-state index contributed by atoms with van der Waals surface area (Å²) in [6.45, 7) is 1.83. The first-order chi connectivity index (χ1) is 12.5. The number of benzene rings is 2. The molecule has 0 fully saturated rings. The van der Waals surface area contributed by atoms with Crippen LogP contribution in [0.3, 0.4) is 0 Å². The van der Waals surface area contributed by atoms with Crippen LogP contribution in [-0.2, 0) is 16.0 Å². The molecule has 1 atom stereocenters. The van der Waals surface area contributed by atoms with E-state index in [0.717, 1.165) is 17.9 Å². The Balaban J connectivity index is 2.29. The monoisotopic (exact) mass is 464 g/mol. The van der Waals surface area contributed by atoms with Crippen molar-refractivity contribution in [1.82, 2.24) is 0 Å². The normalized spacial score (nSPS) is 13.4. The lowest BCUT2D eigenvalue weighted by atomic mass is 9.99. The number of sulfone groups is 1. The van der Waals surface area contributed by atoms with E-state index in [4.69, 9.17) is 4.74 Å². The third-order valence-corrected chi connectivity index (χ3v) is 5.44. The van der Waals surface area contributed by atoms with Gasteiger partial charge in [0.25, 0.3) is 0 Å². The average Bonchev–Trinajstić information content (AvgIpc) is 2.57. The van der Waals surface area contributed by atoms with Crippen LogP contribution in [0.1, 0.15) is 29.3 Å². The summed E-state index contributed by atoms with van der Waals surface area (Å²) < 4.78 is 67.8. The summed E-state index contributed by atoms with van der Waals surface area (Å²) in [5.74, 6) is -0.436. The molecule has 2 aromatic rings. The van der Waals surface area contributed by atoms with Gasteiger partial charge in [-0.15, -0.1) is 0 Å².